The number of alkyl halides is 3. The Bertz CT molecular complexity index is 1090. The Morgan fingerprint density at radius 1 is 1.12 bits per heavy atom. The number of imidazole rings is 1. The van der Waals surface area contributed by atoms with Crippen molar-refractivity contribution in [3.63, 3.8) is 0 Å². The van der Waals surface area contributed by atoms with Crippen LogP contribution in [0.3, 0.4) is 0 Å². The maximum atomic E-state index is 12.5. The second-order valence-corrected chi connectivity index (χ2v) is 9.71. The summed E-state index contributed by atoms with van der Waals surface area (Å²) in [6.45, 7) is 9.06. The third-order valence-electron chi connectivity index (χ3n) is 6.26. The predicted molar refractivity (Wildman–Crippen MR) is 121 cm³/mol. The van der Waals surface area contributed by atoms with Gasteiger partial charge in [0, 0.05) is 11.7 Å². The van der Waals surface area contributed by atoms with Crippen LogP contribution in [-0.2, 0) is 6.42 Å². The molecule has 1 aliphatic carbocycles. The number of para-hydroxylation sites is 1. The Labute approximate surface area is 186 Å². The number of fused-ring (bicyclic) bond motifs is 1. The van der Waals surface area contributed by atoms with Gasteiger partial charge in [-0.2, -0.15) is 0 Å². The van der Waals surface area contributed by atoms with Crippen molar-refractivity contribution in [3.05, 3.63) is 48.0 Å². The van der Waals surface area contributed by atoms with Gasteiger partial charge >= 0.3 is 6.36 Å². The molecule has 0 radical (unpaired) electrons. The first-order valence-electron chi connectivity index (χ1n) is 11.2. The zero-order valence-corrected chi connectivity index (χ0v) is 19.0. The highest BCUT2D eigenvalue weighted by molar-refractivity contribution is 5.83. The number of halogens is 3. The first kappa shape index (κ1) is 22.5. The minimum atomic E-state index is -4.70. The molecule has 1 aromatic heterocycles. The first-order valence-corrected chi connectivity index (χ1v) is 11.2. The summed E-state index contributed by atoms with van der Waals surface area (Å²) in [5, 5.41) is 3.36. The molecule has 2 atom stereocenters. The number of hydrogen-bond donors (Lipinski definition) is 1. The topological polar surface area (TPSA) is 39.1 Å². The summed E-state index contributed by atoms with van der Waals surface area (Å²) in [6, 6.07) is 12.4. The lowest BCUT2D eigenvalue weighted by Crippen LogP contribution is -2.29. The molecule has 0 bridgehead atoms. The maximum Gasteiger partial charge on any atom is 0.573 e. The minimum absolute atomic E-state index is 0.231. The van der Waals surface area contributed by atoms with E-state index < -0.39 is 6.36 Å². The van der Waals surface area contributed by atoms with E-state index in [1.165, 1.54) is 24.1 Å². The van der Waals surface area contributed by atoms with E-state index in [2.05, 4.69) is 60.5 Å². The molecule has 1 saturated carbocycles. The molecule has 0 amide bonds. The zero-order valence-electron chi connectivity index (χ0n) is 19.0. The van der Waals surface area contributed by atoms with Crippen molar-refractivity contribution >= 4 is 22.7 Å². The third-order valence-corrected chi connectivity index (χ3v) is 6.26. The number of aromatic nitrogens is 2. The molecule has 7 heteroatoms. The standard InChI is InChI=1S/C25H30F3N3O/c1-5-17-7-6-8-21-22(17)30-23(31(21)19-13-16(2)14-24(3,4)15-19)29-18-9-11-20(12-10-18)32-25(26,27)28/h6-12,16,19H,5,13-15H2,1-4H3,(H,29,30). The van der Waals surface area contributed by atoms with Crippen LogP contribution in [0.15, 0.2) is 42.5 Å². The normalized spacial score (nSPS) is 21.0. The summed E-state index contributed by atoms with van der Waals surface area (Å²) < 4.78 is 43.7. The Hall–Kier alpha value is -2.70. The lowest BCUT2D eigenvalue weighted by Gasteiger charge is -2.40. The van der Waals surface area contributed by atoms with Gasteiger partial charge in [0.05, 0.1) is 11.0 Å². The number of ether oxygens (including phenoxy) is 1. The van der Waals surface area contributed by atoms with Gasteiger partial charge in [-0.05, 0) is 72.9 Å². The second-order valence-electron chi connectivity index (χ2n) is 9.71. The van der Waals surface area contributed by atoms with Gasteiger partial charge < -0.3 is 14.6 Å². The van der Waals surface area contributed by atoms with Crippen LogP contribution in [0.2, 0.25) is 0 Å². The Morgan fingerprint density at radius 2 is 1.84 bits per heavy atom. The average molecular weight is 446 g/mol. The number of aryl methyl sites for hydroxylation is 1. The van der Waals surface area contributed by atoms with E-state index in [1.54, 1.807) is 12.1 Å². The fourth-order valence-corrected chi connectivity index (χ4v) is 5.28. The van der Waals surface area contributed by atoms with Crippen molar-refractivity contribution in [2.24, 2.45) is 11.3 Å². The molecule has 1 heterocycles. The van der Waals surface area contributed by atoms with Crippen LogP contribution in [0.1, 0.15) is 58.6 Å². The molecule has 0 saturated heterocycles. The average Bonchev–Trinajstić information content (AvgIpc) is 3.04. The largest absolute Gasteiger partial charge is 0.573 e. The molecular weight excluding hydrogens is 415 g/mol. The van der Waals surface area contributed by atoms with Crippen molar-refractivity contribution < 1.29 is 17.9 Å². The Balaban J connectivity index is 1.73. The van der Waals surface area contributed by atoms with Crippen LogP contribution < -0.4 is 10.1 Å². The summed E-state index contributed by atoms with van der Waals surface area (Å²) in [5.41, 5.74) is 4.15. The molecule has 1 fully saturated rings. The molecule has 2 aromatic carbocycles. The first-order chi connectivity index (χ1) is 15.0. The van der Waals surface area contributed by atoms with Gasteiger partial charge in [-0.3, -0.25) is 0 Å². The highest BCUT2D eigenvalue weighted by Gasteiger charge is 2.35. The molecule has 32 heavy (non-hydrogen) atoms. The summed E-state index contributed by atoms with van der Waals surface area (Å²) in [4.78, 5) is 4.95. The minimum Gasteiger partial charge on any atom is -0.406 e. The summed E-state index contributed by atoms with van der Waals surface area (Å²) in [7, 11) is 0. The zero-order chi connectivity index (χ0) is 23.1. The molecule has 3 aromatic rings. The SMILES string of the molecule is CCc1cccc2c1nc(Nc1ccc(OC(F)(F)F)cc1)n2C1CC(C)CC(C)(C)C1. The number of nitrogens with zero attached hydrogens (tertiary/aromatic N) is 2. The lowest BCUT2D eigenvalue weighted by molar-refractivity contribution is -0.274. The van der Waals surface area contributed by atoms with E-state index in [0.29, 0.717) is 17.6 Å². The van der Waals surface area contributed by atoms with Crippen molar-refractivity contribution in [2.75, 3.05) is 5.32 Å². The predicted octanol–water partition coefficient (Wildman–Crippen LogP) is 7.63. The van der Waals surface area contributed by atoms with Gasteiger partial charge in [0.15, 0.2) is 0 Å². The van der Waals surface area contributed by atoms with E-state index >= 15 is 0 Å². The monoisotopic (exact) mass is 445 g/mol. The molecule has 0 aliphatic heterocycles. The smallest absolute Gasteiger partial charge is 0.406 e. The summed E-state index contributed by atoms with van der Waals surface area (Å²) >= 11 is 0. The Kier molecular flexibility index (Phi) is 5.86. The van der Waals surface area contributed by atoms with Gasteiger partial charge in [-0.25, -0.2) is 4.98 Å². The number of benzene rings is 2. The molecule has 1 N–H and O–H groups in total. The highest BCUT2D eigenvalue weighted by Crippen LogP contribution is 2.46. The van der Waals surface area contributed by atoms with Crippen molar-refractivity contribution in [1.29, 1.82) is 0 Å². The van der Waals surface area contributed by atoms with Crippen molar-refractivity contribution in [3.8, 4) is 5.75 Å². The fourth-order valence-electron chi connectivity index (χ4n) is 5.28. The summed E-state index contributed by atoms with van der Waals surface area (Å²) in [5.74, 6) is 1.08. The van der Waals surface area contributed by atoms with Crippen LogP contribution in [0.4, 0.5) is 24.8 Å². The van der Waals surface area contributed by atoms with Crippen LogP contribution in [-0.4, -0.2) is 15.9 Å². The van der Waals surface area contributed by atoms with Crippen LogP contribution >= 0.6 is 0 Å². The summed E-state index contributed by atoms with van der Waals surface area (Å²) in [6.07, 6.45) is -0.516. The van der Waals surface area contributed by atoms with E-state index in [-0.39, 0.29) is 11.2 Å². The van der Waals surface area contributed by atoms with E-state index in [0.717, 1.165) is 36.2 Å². The molecule has 4 nitrogen and oxygen atoms in total. The lowest BCUT2D eigenvalue weighted by atomic mass is 9.70. The molecule has 0 spiro atoms. The van der Waals surface area contributed by atoms with Gasteiger partial charge in [-0.15, -0.1) is 13.2 Å². The molecular formula is C25H30F3N3O. The van der Waals surface area contributed by atoms with Gasteiger partial charge in [-0.1, -0.05) is 39.8 Å². The van der Waals surface area contributed by atoms with Gasteiger partial charge in [0.2, 0.25) is 5.95 Å². The number of anilines is 2. The number of hydrogen-bond acceptors (Lipinski definition) is 3. The highest BCUT2D eigenvalue weighted by atomic mass is 19.4. The van der Waals surface area contributed by atoms with E-state index in [9.17, 15) is 13.2 Å². The number of nitrogens with one attached hydrogen (secondary N) is 1. The van der Waals surface area contributed by atoms with E-state index in [4.69, 9.17) is 4.98 Å². The van der Waals surface area contributed by atoms with Crippen LogP contribution in [0.5, 0.6) is 5.75 Å². The van der Waals surface area contributed by atoms with Crippen LogP contribution in [0.25, 0.3) is 11.0 Å². The van der Waals surface area contributed by atoms with Crippen molar-refractivity contribution in [1.82, 2.24) is 9.55 Å². The third kappa shape index (κ3) is 4.87. The molecule has 172 valence electrons. The fraction of sp³-hybridized carbons (Fsp3) is 0.480. The quantitative estimate of drug-likeness (QED) is 0.439. The van der Waals surface area contributed by atoms with Crippen LogP contribution in [0, 0.1) is 11.3 Å². The number of rotatable bonds is 5. The van der Waals surface area contributed by atoms with Gasteiger partial charge in [0.1, 0.15) is 5.75 Å². The molecule has 2 unspecified atom stereocenters. The molecule has 4 rings (SSSR count). The molecule has 1 aliphatic rings. The Morgan fingerprint density at radius 3 is 2.47 bits per heavy atom. The maximum absolute atomic E-state index is 12.5. The van der Waals surface area contributed by atoms with Gasteiger partial charge in [0.25, 0.3) is 0 Å². The second kappa shape index (κ2) is 8.34. The van der Waals surface area contributed by atoms with E-state index in [1.807, 2.05) is 0 Å². The van der Waals surface area contributed by atoms with Crippen molar-refractivity contribution in [2.45, 2.75) is 65.8 Å².